The fourth-order valence-corrected chi connectivity index (χ4v) is 3.09. The second kappa shape index (κ2) is 6.40. The molecule has 0 unspecified atom stereocenters. The molecule has 2 aromatic carbocycles. The van der Waals surface area contributed by atoms with Gasteiger partial charge in [-0.25, -0.2) is 14.8 Å². The smallest absolute Gasteiger partial charge is 0.415 e. The number of anilines is 1. The van der Waals surface area contributed by atoms with E-state index in [9.17, 15) is 9.59 Å². The number of benzene rings is 2. The van der Waals surface area contributed by atoms with E-state index >= 15 is 0 Å². The number of aromatic nitrogens is 2. The molecule has 4 rings (SSSR count). The molecular weight excluding hydrogens is 330 g/mol. The molecule has 0 spiro atoms. The zero-order valence-electron chi connectivity index (χ0n) is 14.0. The van der Waals surface area contributed by atoms with Crippen molar-refractivity contribution in [3.63, 3.8) is 0 Å². The van der Waals surface area contributed by atoms with Gasteiger partial charge < -0.3 is 4.74 Å². The second-order valence-electron chi connectivity index (χ2n) is 5.91. The Hall–Kier alpha value is -3.54. The average Bonchev–Trinajstić information content (AvgIpc) is 3.01. The van der Waals surface area contributed by atoms with E-state index in [4.69, 9.17) is 4.74 Å². The number of hydrogen-bond acceptors (Lipinski definition) is 5. The third kappa shape index (κ3) is 2.61. The third-order valence-electron chi connectivity index (χ3n) is 4.42. The average molecular weight is 345 g/mol. The number of ether oxygens (including phenoxy) is 1. The lowest BCUT2D eigenvalue weighted by atomic mass is 10.1. The highest BCUT2D eigenvalue weighted by molar-refractivity contribution is 5.88. The monoisotopic (exact) mass is 345 g/mol. The van der Waals surface area contributed by atoms with Crippen LogP contribution in [0.15, 0.2) is 60.9 Å². The minimum absolute atomic E-state index is 0.0640. The number of nitrogens with zero attached hydrogens (tertiary/aromatic N) is 3. The lowest BCUT2D eigenvalue weighted by Gasteiger charge is -2.21. The zero-order chi connectivity index (χ0) is 18.1. The highest BCUT2D eigenvalue weighted by atomic mass is 16.6. The molecule has 1 aliphatic rings. The topological polar surface area (TPSA) is 72.4 Å². The molecule has 0 fully saturated rings. The minimum Gasteiger partial charge on any atom is -0.436 e. The van der Waals surface area contributed by atoms with Crippen LogP contribution in [0.5, 0.6) is 0 Å². The maximum atomic E-state index is 12.7. The van der Waals surface area contributed by atoms with Gasteiger partial charge in [-0.2, -0.15) is 0 Å². The molecule has 128 valence electrons. The summed E-state index contributed by atoms with van der Waals surface area (Å²) < 4.78 is 5.80. The molecule has 0 saturated heterocycles. The van der Waals surface area contributed by atoms with Gasteiger partial charge >= 0.3 is 6.09 Å². The van der Waals surface area contributed by atoms with E-state index in [0.717, 1.165) is 22.3 Å². The van der Waals surface area contributed by atoms with Crippen LogP contribution in [0.25, 0.3) is 11.1 Å². The van der Waals surface area contributed by atoms with Crippen molar-refractivity contribution in [2.24, 2.45) is 0 Å². The summed E-state index contributed by atoms with van der Waals surface area (Å²) in [5.41, 5.74) is 4.51. The maximum Gasteiger partial charge on any atom is 0.415 e. The molecule has 1 heterocycles. The SMILES string of the molecule is CN(C(=O)OC1c2ccccc2-c2ccccc21)c1cnc(C=O)nc1. The Morgan fingerprint density at radius 3 is 2.08 bits per heavy atom. The normalized spacial score (nSPS) is 12.2. The molecule has 3 aromatic rings. The molecular formula is C20H15N3O3. The van der Waals surface area contributed by atoms with Gasteiger partial charge in [-0.05, 0) is 11.1 Å². The Morgan fingerprint density at radius 1 is 1.00 bits per heavy atom. The summed E-state index contributed by atoms with van der Waals surface area (Å²) in [5, 5.41) is 0. The van der Waals surface area contributed by atoms with E-state index in [1.807, 2.05) is 48.5 Å². The van der Waals surface area contributed by atoms with Gasteiger partial charge in [0.05, 0.1) is 18.1 Å². The minimum atomic E-state index is -0.524. The van der Waals surface area contributed by atoms with Crippen LogP contribution < -0.4 is 4.90 Å². The van der Waals surface area contributed by atoms with Crippen molar-refractivity contribution in [3.05, 3.63) is 77.9 Å². The van der Waals surface area contributed by atoms with E-state index < -0.39 is 12.2 Å². The van der Waals surface area contributed by atoms with E-state index in [1.54, 1.807) is 7.05 Å². The highest BCUT2D eigenvalue weighted by Crippen LogP contribution is 2.45. The predicted octanol–water partition coefficient (Wildman–Crippen LogP) is 3.63. The first-order chi connectivity index (χ1) is 12.7. The number of amides is 1. The summed E-state index contributed by atoms with van der Waals surface area (Å²) in [5.74, 6) is 0.0640. The van der Waals surface area contributed by atoms with Gasteiger partial charge in [0.2, 0.25) is 0 Å². The molecule has 0 saturated carbocycles. The van der Waals surface area contributed by atoms with Crippen LogP contribution in [0.1, 0.15) is 27.8 Å². The zero-order valence-corrected chi connectivity index (χ0v) is 14.0. The van der Waals surface area contributed by atoms with Crippen molar-refractivity contribution in [2.75, 3.05) is 11.9 Å². The third-order valence-corrected chi connectivity index (χ3v) is 4.42. The molecule has 0 N–H and O–H groups in total. The van der Waals surface area contributed by atoms with Crippen LogP contribution in [-0.4, -0.2) is 29.4 Å². The van der Waals surface area contributed by atoms with Crippen LogP contribution >= 0.6 is 0 Å². The number of fused-ring (bicyclic) bond motifs is 3. The Kier molecular flexibility index (Phi) is 3.93. The fraction of sp³-hybridized carbons (Fsp3) is 0.100. The number of hydrogen-bond donors (Lipinski definition) is 0. The summed E-state index contributed by atoms with van der Waals surface area (Å²) in [7, 11) is 1.58. The van der Waals surface area contributed by atoms with Gasteiger partial charge in [-0.15, -0.1) is 0 Å². The lowest BCUT2D eigenvalue weighted by molar-refractivity contribution is 0.111. The van der Waals surface area contributed by atoms with Crippen molar-refractivity contribution in [2.45, 2.75) is 6.10 Å². The van der Waals surface area contributed by atoms with E-state index in [0.29, 0.717) is 12.0 Å². The largest absolute Gasteiger partial charge is 0.436 e. The fourth-order valence-electron chi connectivity index (χ4n) is 3.09. The van der Waals surface area contributed by atoms with Gasteiger partial charge in [0, 0.05) is 18.2 Å². The van der Waals surface area contributed by atoms with Gasteiger partial charge in [-0.1, -0.05) is 48.5 Å². The summed E-state index contributed by atoms with van der Waals surface area (Å²) in [6.45, 7) is 0. The first-order valence-corrected chi connectivity index (χ1v) is 8.09. The highest BCUT2D eigenvalue weighted by Gasteiger charge is 2.32. The molecule has 1 amide bonds. The summed E-state index contributed by atoms with van der Waals surface area (Å²) in [6, 6.07) is 15.8. The standard InChI is InChI=1S/C20H15N3O3/c1-23(13-10-21-18(12-24)22-11-13)20(25)26-19-16-8-4-2-6-14(16)15-7-3-5-9-17(15)19/h2-12,19H,1H3. The Balaban J connectivity index is 1.62. The maximum absolute atomic E-state index is 12.7. The van der Waals surface area contributed by atoms with Crippen molar-refractivity contribution in [1.29, 1.82) is 0 Å². The van der Waals surface area contributed by atoms with Gasteiger partial charge in [-0.3, -0.25) is 9.69 Å². The summed E-state index contributed by atoms with van der Waals surface area (Å²) in [6.07, 6.45) is 2.38. The van der Waals surface area contributed by atoms with E-state index in [2.05, 4.69) is 9.97 Å². The Morgan fingerprint density at radius 2 is 1.54 bits per heavy atom. The van der Waals surface area contributed by atoms with Crippen LogP contribution in [0.3, 0.4) is 0 Å². The number of carbonyl (C=O) groups excluding carboxylic acids is 2. The van der Waals surface area contributed by atoms with E-state index in [-0.39, 0.29) is 5.82 Å². The summed E-state index contributed by atoms with van der Waals surface area (Å²) in [4.78, 5) is 32.4. The molecule has 0 atom stereocenters. The van der Waals surface area contributed by atoms with Crippen LogP contribution in [0.4, 0.5) is 10.5 Å². The van der Waals surface area contributed by atoms with Crippen LogP contribution in [0.2, 0.25) is 0 Å². The molecule has 1 aromatic heterocycles. The van der Waals surface area contributed by atoms with Crippen molar-refractivity contribution in [1.82, 2.24) is 9.97 Å². The van der Waals surface area contributed by atoms with Gasteiger partial charge in [0.15, 0.2) is 18.2 Å². The summed E-state index contributed by atoms with van der Waals surface area (Å²) >= 11 is 0. The number of carbonyl (C=O) groups is 2. The number of aldehydes is 1. The van der Waals surface area contributed by atoms with Crippen molar-refractivity contribution < 1.29 is 14.3 Å². The van der Waals surface area contributed by atoms with Crippen LogP contribution in [0, 0.1) is 0 Å². The molecule has 0 bridgehead atoms. The second-order valence-corrected chi connectivity index (χ2v) is 5.91. The molecule has 0 radical (unpaired) electrons. The molecule has 6 nitrogen and oxygen atoms in total. The van der Waals surface area contributed by atoms with Crippen molar-refractivity contribution in [3.8, 4) is 11.1 Å². The van der Waals surface area contributed by atoms with Crippen molar-refractivity contribution >= 4 is 18.1 Å². The Labute approximate surface area is 150 Å². The molecule has 6 heteroatoms. The van der Waals surface area contributed by atoms with E-state index in [1.165, 1.54) is 17.3 Å². The first-order valence-electron chi connectivity index (χ1n) is 8.09. The van der Waals surface area contributed by atoms with Crippen LogP contribution in [-0.2, 0) is 4.74 Å². The first kappa shape index (κ1) is 16.0. The Bertz CT molecular complexity index is 940. The lowest BCUT2D eigenvalue weighted by Crippen LogP contribution is -2.28. The van der Waals surface area contributed by atoms with Gasteiger partial charge in [0.1, 0.15) is 0 Å². The predicted molar refractivity (Wildman–Crippen MR) is 96.0 cm³/mol. The molecule has 26 heavy (non-hydrogen) atoms. The quantitative estimate of drug-likeness (QED) is 0.678. The van der Waals surface area contributed by atoms with Gasteiger partial charge in [0.25, 0.3) is 0 Å². The number of rotatable bonds is 3. The molecule has 0 aliphatic heterocycles. The molecule has 1 aliphatic carbocycles.